The minimum Gasteiger partial charge on any atom is -0.495 e. The molecule has 108 valence electrons. The zero-order valence-electron chi connectivity index (χ0n) is 11.3. The Morgan fingerprint density at radius 2 is 1.90 bits per heavy atom. The molecule has 20 heavy (non-hydrogen) atoms. The number of benzene rings is 1. The summed E-state index contributed by atoms with van der Waals surface area (Å²) in [6.07, 6.45) is 0. The van der Waals surface area contributed by atoms with Crippen LogP contribution in [-0.2, 0) is 6.54 Å². The Kier molecular flexibility index (Phi) is 4.46. The van der Waals surface area contributed by atoms with Gasteiger partial charge < -0.3 is 24.5 Å². The van der Waals surface area contributed by atoms with E-state index in [9.17, 15) is 0 Å². The highest BCUT2D eigenvalue weighted by Crippen LogP contribution is 2.47. The van der Waals surface area contributed by atoms with Gasteiger partial charge in [-0.15, -0.1) is 0 Å². The van der Waals surface area contributed by atoms with Gasteiger partial charge >= 0.3 is 0 Å². The number of halogens is 1. The summed E-state index contributed by atoms with van der Waals surface area (Å²) in [6, 6.07) is 1.72. The molecule has 1 aromatic carbocycles. The maximum atomic E-state index is 5.46. The molecule has 0 unspecified atom stereocenters. The van der Waals surface area contributed by atoms with Crippen molar-refractivity contribution in [1.29, 1.82) is 0 Å². The van der Waals surface area contributed by atoms with E-state index >= 15 is 0 Å². The molecular formula is C12H14BrN3O4. The van der Waals surface area contributed by atoms with Gasteiger partial charge in [-0.1, -0.05) is 5.16 Å². The molecule has 8 heteroatoms. The lowest BCUT2D eigenvalue weighted by Gasteiger charge is -2.15. The smallest absolute Gasteiger partial charge is 0.240 e. The first kappa shape index (κ1) is 14.6. The van der Waals surface area contributed by atoms with Crippen molar-refractivity contribution in [2.75, 3.05) is 21.3 Å². The molecule has 0 atom stereocenters. The van der Waals surface area contributed by atoms with E-state index in [0.717, 1.165) is 0 Å². The summed E-state index contributed by atoms with van der Waals surface area (Å²) in [7, 11) is 4.63. The topological polar surface area (TPSA) is 92.6 Å². The number of nitrogens with zero attached hydrogens (tertiary/aromatic N) is 2. The van der Waals surface area contributed by atoms with Gasteiger partial charge in [-0.2, -0.15) is 4.98 Å². The molecule has 0 bridgehead atoms. The first-order valence-corrected chi connectivity index (χ1v) is 6.47. The predicted octanol–water partition coefficient (Wildman–Crippen LogP) is 1.98. The summed E-state index contributed by atoms with van der Waals surface area (Å²) < 4.78 is 21.6. The maximum Gasteiger partial charge on any atom is 0.240 e. The summed E-state index contributed by atoms with van der Waals surface area (Å²) in [5, 5.41) is 3.87. The van der Waals surface area contributed by atoms with Gasteiger partial charge in [0.2, 0.25) is 11.7 Å². The molecule has 0 amide bonds. The lowest BCUT2D eigenvalue weighted by molar-refractivity contribution is 0.346. The number of rotatable bonds is 5. The normalized spacial score (nSPS) is 10.4. The molecule has 0 aliphatic heterocycles. The summed E-state index contributed by atoms with van der Waals surface area (Å²) in [5.41, 5.74) is 6.07. The Bertz CT molecular complexity index is 615. The van der Waals surface area contributed by atoms with Gasteiger partial charge in [-0.05, 0) is 22.0 Å². The first-order chi connectivity index (χ1) is 9.65. The van der Waals surface area contributed by atoms with E-state index in [2.05, 4.69) is 26.1 Å². The monoisotopic (exact) mass is 343 g/mol. The summed E-state index contributed by atoms with van der Waals surface area (Å²) >= 11 is 3.42. The minimum atomic E-state index is 0.170. The standard InChI is InChI=1S/C12H14BrN3O4/c1-17-7-4-6(12-15-8(5-14)20-16-12)10(18-2)9(13)11(7)19-3/h4H,5,14H2,1-3H3. The molecular weight excluding hydrogens is 330 g/mol. The maximum absolute atomic E-state index is 5.46. The molecule has 2 aromatic rings. The van der Waals surface area contributed by atoms with Crippen LogP contribution in [0, 0.1) is 0 Å². The van der Waals surface area contributed by atoms with E-state index in [1.165, 1.54) is 0 Å². The number of nitrogens with two attached hydrogens (primary N) is 1. The van der Waals surface area contributed by atoms with Gasteiger partial charge in [-0.25, -0.2) is 0 Å². The third-order valence-corrected chi connectivity index (χ3v) is 3.37. The zero-order chi connectivity index (χ0) is 14.7. The van der Waals surface area contributed by atoms with Crippen LogP contribution in [0.1, 0.15) is 5.89 Å². The van der Waals surface area contributed by atoms with Gasteiger partial charge in [0.1, 0.15) is 10.2 Å². The van der Waals surface area contributed by atoms with E-state index < -0.39 is 0 Å². The molecule has 7 nitrogen and oxygen atoms in total. The van der Waals surface area contributed by atoms with Crippen molar-refractivity contribution >= 4 is 15.9 Å². The van der Waals surface area contributed by atoms with Crippen LogP contribution >= 0.6 is 15.9 Å². The lowest BCUT2D eigenvalue weighted by atomic mass is 10.1. The van der Waals surface area contributed by atoms with Gasteiger partial charge in [0, 0.05) is 0 Å². The molecule has 0 saturated heterocycles. The summed E-state index contributed by atoms with van der Waals surface area (Å²) in [6.45, 7) is 0.170. The number of methoxy groups -OCH3 is 3. The van der Waals surface area contributed by atoms with E-state index in [0.29, 0.717) is 39.0 Å². The zero-order valence-corrected chi connectivity index (χ0v) is 12.9. The van der Waals surface area contributed by atoms with Crippen LogP contribution < -0.4 is 19.9 Å². The van der Waals surface area contributed by atoms with Crippen molar-refractivity contribution in [2.24, 2.45) is 5.73 Å². The summed E-state index contributed by atoms with van der Waals surface area (Å²) in [4.78, 5) is 4.18. The van der Waals surface area contributed by atoms with Crippen molar-refractivity contribution in [1.82, 2.24) is 10.1 Å². The number of hydrogen-bond donors (Lipinski definition) is 1. The van der Waals surface area contributed by atoms with Crippen molar-refractivity contribution in [3.05, 3.63) is 16.4 Å². The fourth-order valence-corrected chi connectivity index (χ4v) is 2.48. The second-order valence-corrected chi connectivity index (χ2v) is 4.52. The Hall–Kier alpha value is -1.80. The molecule has 0 radical (unpaired) electrons. The quantitative estimate of drug-likeness (QED) is 0.886. The molecule has 1 heterocycles. The van der Waals surface area contributed by atoms with Crippen molar-refractivity contribution in [3.63, 3.8) is 0 Å². The fraction of sp³-hybridized carbons (Fsp3) is 0.333. The second kappa shape index (κ2) is 6.10. The fourth-order valence-electron chi connectivity index (χ4n) is 1.75. The molecule has 0 saturated carbocycles. The van der Waals surface area contributed by atoms with Gasteiger partial charge in [-0.3, -0.25) is 0 Å². The van der Waals surface area contributed by atoms with Gasteiger partial charge in [0.05, 0.1) is 33.4 Å². The van der Waals surface area contributed by atoms with Crippen molar-refractivity contribution in [2.45, 2.75) is 6.54 Å². The Labute approximate surface area is 124 Å². The predicted molar refractivity (Wildman–Crippen MR) is 75.0 cm³/mol. The Morgan fingerprint density at radius 3 is 2.40 bits per heavy atom. The van der Waals surface area contributed by atoms with Crippen molar-refractivity contribution < 1.29 is 18.7 Å². The first-order valence-electron chi connectivity index (χ1n) is 5.67. The molecule has 2 N–H and O–H groups in total. The molecule has 2 rings (SSSR count). The number of hydrogen-bond acceptors (Lipinski definition) is 7. The van der Waals surface area contributed by atoms with Crippen LogP contribution in [0.2, 0.25) is 0 Å². The third kappa shape index (κ3) is 2.44. The van der Waals surface area contributed by atoms with Gasteiger partial charge in [0.15, 0.2) is 11.5 Å². The minimum absolute atomic E-state index is 0.170. The average molecular weight is 344 g/mol. The average Bonchev–Trinajstić information content (AvgIpc) is 2.94. The van der Waals surface area contributed by atoms with E-state index in [-0.39, 0.29) is 6.54 Å². The molecule has 0 spiro atoms. The largest absolute Gasteiger partial charge is 0.495 e. The van der Waals surface area contributed by atoms with Crippen LogP contribution in [0.15, 0.2) is 15.1 Å². The van der Waals surface area contributed by atoms with Crippen LogP contribution in [0.5, 0.6) is 17.2 Å². The van der Waals surface area contributed by atoms with E-state index in [1.807, 2.05) is 0 Å². The van der Waals surface area contributed by atoms with Crippen LogP contribution in [0.25, 0.3) is 11.4 Å². The molecule has 0 fully saturated rings. The highest BCUT2D eigenvalue weighted by Gasteiger charge is 2.22. The summed E-state index contributed by atoms with van der Waals surface area (Å²) in [5.74, 6) is 2.27. The van der Waals surface area contributed by atoms with E-state index in [4.69, 9.17) is 24.5 Å². The van der Waals surface area contributed by atoms with Crippen LogP contribution in [0.4, 0.5) is 0 Å². The van der Waals surface area contributed by atoms with E-state index in [1.54, 1.807) is 27.4 Å². The molecule has 1 aromatic heterocycles. The van der Waals surface area contributed by atoms with Gasteiger partial charge in [0.25, 0.3) is 0 Å². The second-order valence-electron chi connectivity index (χ2n) is 3.72. The third-order valence-electron chi connectivity index (χ3n) is 2.65. The van der Waals surface area contributed by atoms with Crippen molar-refractivity contribution in [3.8, 4) is 28.6 Å². The van der Waals surface area contributed by atoms with Crippen LogP contribution in [0.3, 0.4) is 0 Å². The number of ether oxygens (including phenoxy) is 3. The Balaban J connectivity index is 2.65. The molecule has 0 aliphatic rings. The number of aromatic nitrogens is 2. The molecule has 0 aliphatic carbocycles. The highest BCUT2D eigenvalue weighted by molar-refractivity contribution is 9.10. The lowest BCUT2D eigenvalue weighted by Crippen LogP contribution is -1.98. The Morgan fingerprint density at radius 1 is 1.20 bits per heavy atom. The van der Waals surface area contributed by atoms with Crippen LogP contribution in [-0.4, -0.2) is 31.5 Å². The SMILES string of the molecule is COc1cc(-c2noc(CN)n2)c(OC)c(Br)c1OC. The highest BCUT2D eigenvalue weighted by atomic mass is 79.9.